The standard InChI is InChI=1S/C18H15NO4/c1-23-18(20)14-6-5-12-3-2-4-16(17(12)11-14)13-7-9-15(10-8-13)19(21)22/h4-11H,2-3H2,1H3. The summed E-state index contributed by atoms with van der Waals surface area (Å²) in [6.45, 7) is 0. The zero-order valence-electron chi connectivity index (χ0n) is 12.6. The van der Waals surface area contributed by atoms with Crippen LogP contribution in [0.1, 0.15) is 33.5 Å². The number of nitro groups is 1. The smallest absolute Gasteiger partial charge is 0.337 e. The molecule has 0 spiro atoms. The van der Waals surface area contributed by atoms with E-state index in [1.807, 2.05) is 12.1 Å². The summed E-state index contributed by atoms with van der Waals surface area (Å²) < 4.78 is 4.78. The highest BCUT2D eigenvalue weighted by atomic mass is 16.6. The number of aryl methyl sites for hydroxylation is 1. The maximum Gasteiger partial charge on any atom is 0.337 e. The Bertz CT molecular complexity index is 806. The van der Waals surface area contributed by atoms with Crippen LogP contribution in [-0.2, 0) is 11.2 Å². The van der Waals surface area contributed by atoms with Crippen LogP contribution in [0.5, 0.6) is 0 Å². The first-order valence-electron chi connectivity index (χ1n) is 7.27. The molecule has 0 fully saturated rings. The second-order valence-corrected chi connectivity index (χ2v) is 5.32. The number of hydrogen-bond acceptors (Lipinski definition) is 4. The molecule has 3 rings (SSSR count). The number of benzene rings is 2. The van der Waals surface area contributed by atoms with Gasteiger partial charge in [-0.05, 0) is 59.4 Å². The number of non-ortho nitro benzene ring substituents is 1. The Kier molecular flexibility index (Phi) is 3.93. The van der Waals surface area contributed by atoms with Crippen molar-refractivity contribution in [2.24, 2.45) is 0 Å². The van der Waals surface area contributed by atoms with Gasteiger partial charge in [0.2, 0.25) is 0 Å². The molecule has 0 aromatic heterocycles. The summed E-state index contributed by atoms with van der Waals surface area (Å²) >= 11 is 0. The van der Waals surface area contributed by atoms with Crippen molar-refractivity contribution in [3.8, 4) is 0 Å². The van der Waals surface area contributed by atoms with E-state index in [0.29, 0.717) is 5.56 Å². The summed E-state index contributed by atoms with van der Waals surface area (Å²) in [6.07, 6.45) is 3.91. The number of carbonyl (C=O) groups excluding carboxylic acids is 1. The molecule has 5 nitrogen and oxygen atoms in total. The second-order valence-electron chi connectivity index (χ2n) is 5.32. The van der Waals surface area contributed by atoms with E-state index < -0.39 is 4.92 Å². The minimum absolute atomic E-state index is 0.0636. The van der Waals surface area contributed by atoms with Gasteiger partial charge in [0.1, 0.15) is 0 Å². The lowest BCUT2D eigenvalue weighted by Crippen LogP contribution is -2.06. The van der Waals surface area contributed by atoms with Crippen molar-refractivity contribution in [3.05, 3.63) is 80.9 Å². The molecule has 5 heteroatoms. The van der Waals surface area contributed by atoms with Crippen LogP contribution in [0, 0.1) is 10.1 Å². The molecule has 0 N–H and O–H groups in total. The highest BCUT2D eigenvalue weighted by molar-refractivity contribution is 5.92. The number of nitro benzene ring substituents is 1. The van der Waals surface area contributed by atoms with E-state index in [4.69, 9.17) is 4.74 Å². The van der Waals surface area contributed by atoms with Crippen LogP contribution in [0.3, 0.4) is 0 Å². The Balaban J connectivity index is 2.03. The van der Waals surface area contributed by atoms with Gasteiger partial charge in [-0.1, -0.05) is 12.1 Å². The number of nitrogens with zero attached hydrogens (tertiary/aromatic N) is 1. The van der Waals surface area contributed by atoms with E-state index in [9.17, 15) is 14.9 Å². The highest BCUT2D eigenvalue weighted by Crippen LogP contribution is 2.33. The van der Waals surface area contributed by atoms with Gasteiger partial charge in [-0.15, -0.1) is 0 Å². The fourth-order valence-corrected chi connectivity index (χ4v) is 2.81. The third kappa shape index (κ3) is 2.85. The lowest BCUT2D eigenvalue weighted by molar-refractivity contribution is -0.384. The van der Waals surface area contributed by atoms with Crippen molar-refractivity contribution in [1.82, 2.24) is 0 Å². The molecule has 23 heavy (non-hydrogen) atoms. The molecule has 1 aliphatic carbocycles. The van der Waals surface area contributed by atoms with E-state index in [1.54, 1.807) is 18.2 Å². The molecule has 0 atom stereocenters. The quantitative estimate of drug-likeness (QED) is 0.492. The van der Waals surface area contributed by atoms with Crippen molar-refractivity contribution in [2.75, 3.05) is 7.11 Å². The molecule has 1 aliphatic rings. The third-order valence-electron chi connectivity index (χ3n) is 3.97. The first-order chi connectivity index (χ1) is 11.1. The number of hydrogen-bond donors (Lipinski definition) is 0. The van der Waals surface area contributed by atoms with Crippen LogP contribution in [0.2, 0.25) is 0 Å². The van der Waals surface area contributed by atoms with Gasteiger partial charge in [0.05, 0.1) is 17.6 Å². The number of carbonyl (C=O) groups is 1. The number of esters is 1. The Hall–Kier alpha value is -2.95. The molecule has 0 amide bonds. The van der Waals surface area contributed by atoms with Gasteiger partial charge in [0.15, 0.2) is 0 Å². The predicted molar refractivity (Wildman–Crippen MR) is 86.3 cm³/mol. The zero-order chi connectivity index (χ0) is 16.4. The van der Waals surface area contributed by atoms with E-state index in [2.05, 4.69) is 6.08 Å². The summed E-state index contributed by atoms with van der Waals surface area (Å²) in [4.78, 5) is 22.1. The van der Waals surface area contributed by atoms with Crippen molar-refractivity contribution in [2.45, 2.75) is 12.8 Å². The van der Waals surface area contributed by atoms with Gasteiger partial charge in [0, 0.05) is 12.1 Å². The highest BCUT2D eigenvalue weighted by Gasteiger charge is 2.17. The summed E-state index contributed by atoms with van der Waals surface area (Å²) in [7, 11) is 1.36. The van der Waals surface area contributed by atoms with Crippen molar-refractivity contribution in [1.29, 1.82) is 0 Å². The molecule has 0 unspecified atom stereocenters. The number of methoxy groups -OCH3 is 1. The van der Waals surface area contributed by atoms with Gasteiger partial charge in [-0.2, -0.15) is 0 Å². The maximum atomic E-state index is 11.7. The molecule has 0 bridgehead atoms. The normalized spacial score (nSPS) is 13.0. The molecule has 116 valence electrons. The molecule has 0 aliphatic heterocycles. The maximum absolute atomic E-state index is 11.7. The van der Waals surface area contributed by atoms with Crippen LogP contribution in [-0.4, -0.2) is 18.0 Å². The Morgan fingerprint density at radius 3 is 2.57 bits per heavy atom. The van der Waals surface area contributed by atoms with Crippen LogP contribution >= 0.6 is 0 Å². The number of rotatable bonds is 3. The molecule has 0 radical (unpaired) electrons. The minimum atomic E-state index is -0.414. The average Bonchev–Trinajstić information content (AvgIpc) is 2.60. The Morgan fingerprint density at radius 1 is 1.17 bits per heavy atom. The molecular weight excluding hydrogens is 294 g/mol. The van der Waals surface area contributed by atoms with E-state index >= 15 is 0 Å². The second kappa shape index (κ2) is 6.04. The summed E-state index contributed by atoms with van der Waals surface area (Å²) in [5.74, 6) is -0.374. The molecule has 0 saturated carbocycles. The van der Waals surface area contributed by atoms with Crippen LogP contribution in [0.4, 0.5) is 5.69 Å². The fourth-order valence-electron chi connectivity index (χ4n) is 2.81. The first-order valence-corrected chi connectivity index (χ1v) is 7.27. The Labute approximate surface area is 133 Å². The molecule has 0 heterocycles. The monoisotopic (exact) mass is 309 g/mol. The van der Waals surface area contributed by atoms with Crippen LogP contribution in [0.25, 0.3) is 5.57 Å². The van der Waals surface area contributed by atoms with Gasteiger partial charge in [0.25, 0.3) is 5.69 Å². The number of fused-ring (bicyclic) bond motifs is 1. The lowest BCUT2D eigenvalue weighted by Gasteiger charge is -2.19. The summed E-state index contributed by atoms with van der Waals surface area (Å²) in [5.41, 5.74) is 4.60. The summed E-state index contributed by atoms with van der Waals surface area (Å²) in [6, 6.07) is 12.0. The largest absolute Gasteiger partial charge is 0.465 e. The molecule has 2 aromatic carbocycles. The van der Waals surface area contributed by atoms with E-state index in [0.717, 1.165) is 35.1 Å². The first kappa shape index (κ1) is 15.0. The van der Waals surface area contributed by atoms with Crippen molar-refractivity contribution < 1.29 is 14.5 Å². The fraction of sp³-hybridized carbons (Fsp3) is 0.167. The van der Waals surface area contributed by atoms with Crippen LogP contribution < -0.4 is 0 Å². The predicted octanol–water partition coefficient (Wildman–Crippen LogP) is 3.76. The third-order valence-corrected chi connectivity index (χ3v) is 3.97. The zero-order valence-corrected chi connectivity index (χ0v) is 12.6. The molecular formula is C18H15NO4. The minimum Gasteiger partial charge on any atom is -0.465 e. The number of allylic oxidation sites excluding steroid dienone is 1. The lowest BCUT2D eigenvalue weighted by atomic mass is 9.86. The van der Waals surface area contributed by atoms with Gasteiger partial charge >= 0.3 is 5.97 Å². The van der Waals surface area contributed by atoms with E-state index in [1.165, 1.54) is 19.2 Å². The average molecular weight is 309 g/mol. The number of ether oxygens (including phenoxy) is 1. The topological polar surface area (TPSA) is 69.4 Å². The van der Waals surface area contributed by atoms with Crippen LogP contribution in [0.15, 0.2) is 48.5 Å². The van der Waals surface area contributed by atoms with Gasteiger partial charge < -0.3 is 4.74 Å². The SMILES string of the molecule is COC(=O)c1ccc2c(c1)C(c1ccc([N+](=O)[O-])cc1)=CCC2. The van der Waals surface area contributed by atoms with Crippen molar-refractivity contribution in [3.63, 3.8) is 0 Å². The Morgan fingerprint density at radius 2 is 1.91 bits per heavy atom. The van der Waals surface area contributed by atoms with Crippen molar-refractivity contribution >= 4 is 17.2 Å². The molecule has 2 aromatic rings. The van der Waals surface area contributed by atoms with Gasteiger partial charge in [-0.3, -0.25) is 10.1 Å². The van der Waals surface area contributed by atoms with Gasteiger partial charge in [-0.25, -0.2) is 4.79 Å². The molecule has 0 saturated heterocycles. The van der Waals surface area contributed by atoms with E-state index in [-0.39, 0.29) is 11.7 Å². The summed E-state index contributed by atoms with van der Waals surface area (Å²) in [5, 5.41) is 10.8.